The zero-order valence-electron chi connectivity index (χ0n) is 15.9. The fourth-order valence-corrected chi connectivity index (χ4v) is 2.78. The van der Waals surface area contributed by atoms with Crippen molar-refractivity contribution in [1.29, 1.82) is 0 Å². The standard InChI is InChI=1S/C20H22F3N3O2/c1-4-25(5-2)15-8-6-14(7-9-15)24-18(28)12-26(13(3)27)17-11-10-16(21)19(22)20(17)23/h6-11H,4-5,12H2,1-3H3,(H,24,28). The Bertz CT molecular complexity index is 853. The van der Waals surface area contributed by atoms with E-state index in [-0.39, 0.29) is 0 Å². The summed E-state index contributed by atoms with van der Waals surface area (Å²) in [7, 11) is 0. The molecule has 0 radical (unpaired) electrons. The second-order valence-electron chi connectivity index (χ2n) is 6.07. The number of benzene rings is 2. The molecule has 2 amide bonds. The molecule has 2 aromatic carbocycles. The highest BCUT2D eigenvalue weighted by Crippen LogP contribution is 2.24. The Morgan fingerprint density at radius 3 is 2.07 bits per heavy atom. The molecule has 0 fully saturated rings. The van der Waals surface area contributed by atoms with E-state index in [1.54, 1.807) is 12.1 Å². The van der Waals surface area contributed by atoms with E-state index in [1.165, 1.54) is 0 Å². The van der Waals surface area contributed by atoms with Gasteiger partial charge in [-0.1, -0.05) is 0 Å². The average Bonchev–Trinajstić information content (AvgIpc) is 2.67. The van der Waals surface area contributed by atoms with Gasteiger partial charge in [0.25, 0.3) is 0 Å². The third-order valence-corrected chi connectivity index (χ3v) is 4.27. The first-order valence-corrected chi connectivity index (χ1v) is 8.84. The van der Waals surface area contributed by atoms with Gasteiger partial charge in [-0.3, -0.25) is 9.59 Å². The third kappa shape index (κ3) is 4.82. The van der Waals surface area contributed by atoms with Crippen LogP contribution in [0.5, 0.6) is 0 Å². The minimum absolute atomic E-state index is 0.496. The average molecular weight is 393 g/mol. The van der Waals surface area contributed by atoms with E-state index in [2.05, 4.69) is 10.2 Å². The Morgan fingerprint density at radius 1 is 0.929 bits per heavy atom. The first kappa shape index (κ1) is 21.3. The van der Waals surface area contributed by atoms with Crippen LogP contribution in [0.1, 0.15) is 20.8 Å². The Kier molecular flexibility index (Phi) is 7.03. The van der Waals surface area contributed by atoms with Crippen molar-refractivity contribution in [1.82, 2.24) is 0 Å². The monoisotopic (exact) mass is 393 g/mol. The van der Waals surface area contributed by atoms with Crippen molar-refractivity contribution in [2.75, 3.05) is 34.8 Å². The maximum Gasteiger partial charge on any atom is 0.244 e. The van der Waals surface area contributed by atoms with Crippen LogP contribution < -0.4 is 15.1 Å². The minimum atomic E-state index is -1.70. The number of hydrogen-bond donors (Lipinski definition) is 1. The highest BCUT2D eigenvalue weighted by molar-refractivity contribution is 6.01. The van der Waals surface area contributed by atoms with Gasteiger partial charge < -0.3 is 15.1 Å². The van der Waals surface area contributed by atoms with Crippen molar-refractivity contribution in [2.24, 2.45) is 0 Å². The van der Waals surface area contributed by atoms with Gasteiger partial charge >= 0.3 is 0 Å². The zero-order valence-corrected chi connectivity index (χ0v) is 15.9. The number of nitrogens with one attached hydrogen (secondary N) is 1. The van der Waals surface area contributed by atoms with Crippen LogP contribution in [0.4, 0.5) is 30.2 Å². The molecule has 0 atom stereocenters. The largest absolute Gasteiger partial charge is 0.372 e. The van der Waals surface area contributed by atoms with Crippen LogP contribution in [0.15, 0.2) is 36.4 Å². The van der Waals surface area contributed by atoms with Crippen molar-refractivity contribution in [3.63, 3.8) is 0 Å². The molecule has 28 heavy (non-hydrogen) atoms. The predicted octanol–water partition coefficient (Wildman–Crippen LogP) is 3.94. The molecular weight excluding hydrogens is 371 g/mol. The maximum absolute atomic E-state index is 14.0. The number of rotatable bonds is 7. The van der Waals surface area contributed by atoms with Gasteiger partial charge in [-0.15, -0.1) is 0 Å². The van der Waals surface area contributed by atoms with Gasteiger partial charge in [0.1, 0.15) is 6.54 Å². The highest BCUT2D eigenvalue weighted by Gasteiger charge is 2.23. The maximum atomic E-state index is 14.0. The first-order valence-electron chi connectivity index (χ1n) is 8.84. The molecule has 2 rings (SSSR count). The molecule has 0 spiro atoms. The molecule has 8 heteroatoms. The van der Waals surface area contributed by atoms with Gasteiger partial charge in [0.05, 0.1) is 5.69 Å². The molecule has 0 aliphatic carbocycles. The number of carbonyl (C=O) groups excluding carboxylic acids is 2. The van der Waals surface area contributed by atoms with Crippen molar-refractivity contribution in [3.8, 4) is 0 Å². The number of amides is 2. The zero-order chi connectivity index (χ0) is 20.8. The summed E-state index contributed by atoms with van der Waals surface area (Å²) in [5.74, 6) is -5.88. The van der Waals surface area contributed by atoms with Gasteiger partial charge in [0.2, 0.25) is 11.8 Å². The Hall–Kier alpha value is -3.03. The molecule has 0 aromatic heterocycles. The van der Waals surface area contributed by atoms with Crippen LogP contribution in [0, 0.1) is 17.5 Å². The molecule has 0 aliphatic rings. The van der Waals surface area contributed by atoms with Gasteiger partial charge in [-0.2, -0.15) is 0 Å². The lowest BCUT2D eigenvalue weighted by Crippen LogP contribution is -2.37. The molecule has 150 valence electrons. The number of nitrogens with zero attached hydrogens (tertiary/aromatic N) is 2. The van der Waals surface area contributed by atoms with Gasteiger partial charge in [0, 0.05) is 31.4 Å². The topological polar surface area (TPSA) is 52.7 Å². The first-order chi connectivity index (χ1) is 13.3. The summed E-state index contributed by atoms with van der Waals surface area (Å²) in [6.45, 7) is 6.31. The lowest BCUT2D eigenvalue weighted by Gasteiger charge is -2.22. The molecule has 0 heterocycles. The van der Waals surface area contributed by atoms with Crippen LogP contribution in [-0.2, 0) is 9.59 Å². The van der Waals surface area contributed by atoms with Crippen LogP contribution in [0.2, 0.25) is 0 Å². The molecule has 0 saturated carbocycles. The van der Waals surface area contributed by atoms with Gasteiger partial charge in [-0.05, 0) is 50.2 Å². The second kappa shape index (κ2) is 9.25. The molecule has 0 aliphatic heterocycles. The summed E-state index contributed by atoms with van der Waals surface area (Å²) < 4.78 is 40.6. The number of carbonyl (C=O) groups is 2. The van der Waals surface area contributed by atoms with Crippen molar-refractivity contribution >= 4 is 28.9 Å². The predicted molar refractivity (Wildman–Crippen MR) is 103 cm³/mol. The lowest BCUT2D eigenvalue weighted by atomic mass is 10.2. The SMILES string of the molecule is CCN(CC)c1ccc(NC(=O)CN(C(C)=O)c2ccc(F)c(F)c2F)cc1. The van der Waals surface area contributed by atoms with E-state index < -0.39 is 41.5 Å². The van der Waals surface area contributed by atoms with Crippen molar-refractivity contribution in [3.05, 3.63) is 53.8 Å². The summed E-state index contributed by atoms with van der Waals surface area (Å²) in [6, 6.07) is 8.74. The normalized spacial score (nSPS) is 10.5. The fraction of sp³-hybridized carbons (Fsp3) is 0.300. The van der Waals surface area contributed by atoms with Crippen molar-refractivity contribution < 1.29 is 22.8 Å². The molecular formula is C20H22F3N3O2. The summed E-state index contributed by atoms with van der Waals surface area (Å²) in [6.07, 6.45) is 0. The van der Waals surface area contributed by atoms with Crippen LogP contribution in [0.3, 0.4) is 0 Å². The Labute approximate surface area is 161 Å². The minimum Gasteiger partial charge on any atom is -0.372 e. The Balaban J connectivity index is 2.13. The summed E-state index contributed by atoms with van der Waals surface area (Å²) >= 11 is 0. The Morgan fingerprint density at radius 2 is 1.54 bits per heavy atom. The fourth-order valence-electron chi connectivity index (χ4n) is 2.78. The van der Waals surface area contributed by atoms with E-state index in [4.69, 9.17) is 0 Å². The van der Waals surface area contributed by atoms with Crippen LogP contribution in [-0.4, -0.2) is 31.4 Å². The molecule has 5 nitrogen and oxygen atoms in total. The van der Waals surface area contributed by atoms with E-state index in [9.17, 15) is 22.8 Å². The molecule has 0 saturated heterocycles. The molecule has 0 bridgehead atoms. The van der Waals surface area contributed by atoms with Crippen molar-refractivity contribution in [2.45, 2.75) is 20.8 Å². The van der Waals surface area contributed by atoms with Crippen LogP contribution >= 0.6 is 0 Å². The molecule has 2 aromatic rings. The molecule has 0 unspecified atom stereocenters. The smallest absolute Gasteiger partial charge is 0.244 e. The highest BCUT2D eigenvalue weighted by atomic mass is 19.2. The number of halogens is 3. The van der Waals surface area contributed by atoms with Gasteiger partial charge in [-0.25, -0.2) is 13.2 Å². The summed E-state index contributed by atoms with van der Waals surface area (Å²) in [5.41, 5.74) is 0.991. The quantitative estimate of drug-likeness (QED) is 0.725. The lowest BCUT2D eigenvalue weighted by molar-refractivity contribution is -0.120. The van der Waals surface area contributed by atoms with Crippen LogP contribution in [0.25, 0.3) is 0 Å². The van der Waals surface area contributed by atoms with E-state index in [1.807, 2.05) is 26.0 Å². The number of hydrogen-bond acceptors (Lipinski definition) is 3. The molecule has 1 N–H and O–H groups in total. The third-order valence-electron chi connectivity index (χ3n) is 4.27. The summed E-state index contributed by atoms with van der Waals surface area (Å²) in [5, 5.41) is 2.60. The van der Waals surface area contributed by atoms with E-state index >= 15 is 0 Å². The number of anilines is 3. The second-order valence-corrected chi connectivity index (χ2v) is 6.07. The summed E-state index contributed by atoms with van der Waals surface area (Å²) in [4.78, 5) is 27.0. The van der Waals surface area contributed by atoms with E-state index in [0.717, 1.165) is 36.7 Å². The van der Waals surface area contributed by atoms with Gasteiger partial charge in [0.15, 0.2) is 17.5 Å². The van der Waals surface area contributed by atoms with E-state index in [0.29, 0.717) is 11.8 Å².